The molecule has 2 aliphatic rings. The van der Waals surface area contributed by atoms with E-state index in [0.717, 1.165) is 11.8 Å². The van der Waals surface area contributed by atoms with Gasteiger partial charge >= 0.3 is 0 Å². The summed E-state index contributed by atoms with van der Waals surface area (Å²) < 4.78 is 0. The van der Waals surface area contributed by atoms with Crippen LogP contribution in [0.4, 0.5) is 0 Å². The summed E-state index contributed by atoms with van der Waals surface area (Å²) in [5.41, 5.74) is 3.38. The quantitative estimate of drug-likeness (QED) is 0.457. The minimum atomic E-state index is 1.05. The molecule has 0 aromatic carbocycles. The minimum Gasteiger partial charge on any atom is -0.0741 e. The van der Waals surface area contributed by atoms with Gasteiger partial charge in [-0.2, -0.15) is 0 Å². The third-order valence-corrected chi connectivity index (χ3v) is 3.57. The highest BCUT2D eigenvalue weighted by molar-refractivity contribution is 5.14. The average Bonchev–Trinajstić information content (AvgIpc) is 2.65. The average molecular weight is 210 g/mol. The Morgan fingerprint density at radius 2 is 1.07 bits per heavy atom. The Morgan fingerprint density at radius 1 is 0.733 bits per heavy atom. The second-order valence-electron chi connectivity index (χ2n) is 4.51. The molecule has 2 atom stereocenters. The fraction of sp³-hybridized carbons (Fsp3) is 0.867. The molecule has 15 heavy (non-hydrogen) atoms. The fourth-order valence-electron chi connectivity index (χ4n) is 2.76. The first-order valence-electron chi connectivity index (χ1n) is 6.91. The minimum absolute atomic E-state index is 1.05. The van der Waals surface area contributed by atoms with Gasteiger partial charge < -0.3 is 0 Å². The summed E-state index contributed by atoms with van der Waals surface area (Å²) in [6.07, 6.45) is 7.35. The number of allylic oxidation sites excluding steroid dienone is 2. The van der Waals surface area contributed by atoms with E-state index in [1.165, 1.54) is 32.1 Å². The predicted molar refractivity (Wildman–Crippen MR) is 71.1 cm³/mol. The van der Waals surface area contributed by atoms with Gasteiger partial charge in [0.2, 0.25) is 0 Å². The topological polar surface area (TPSA) is 0 Å². The maximum Gasteiger partial charge on any atom is -0.0292 e. The summed E-state index contributed by atoms with van der Waals surface area (Å²) >= 11 is 0. The molecule has 2 aliphatic carbocycles. The van der Waals surface area contributed by atoms with Gasteiger partial charge in [-0.05, 0) is 57.8 Å². The van der Waals surface area contributed by atoms with Gasteiger partial charge in [0.1, 0.15) is 0 Å². The molecule has 0 radical (unpaired) electrons. The van der Waals surface area contributed by atoms with Crippen LogP contribution in [0.2, 0.25) is 0 Å². The Hall–Kier alpha value is -0.260. The van der Waals surface area contributed by atoms with Crippen LogP contribution in [0.5, 0.6) is 0 Å². The maximum absolute atomic E-state index is 2.33. The molecule has 1 saturated carbocycles. The third kappa shape index (κ3) is 4.40. The first kappa shape index (κ1) is 14.7. The van der Waals surface area contributed by atoms with Gasteiger partial charge in [-0.25, -0.2) is 0 Å². The highest BCUT2D eigenvalue weighted by atomic mass is 14.3. The lowest BCUT2D eigenvalue weighted by atomic mass is 9.95. The van der Waals surface area contributed by atoms with Crippen molar-refractivity contribution in [1.82, 2.24) is 0 Å². The van der Waals surface area contributed by atoms with E-state index in [1.807, 2.05) is 27.7 Å². The lowest BCUT2D eigenvalue weighted by Crippen LogP contribution is -1.94. The van der Waals surface area contributed by atoms with Gasteiger partial charge in [0.25, 0.3) is 0 Å². The van der Waals surface area contributed by atoms with E-state index in [2.05, 4.69) is 13.8 Å². The predicted octanol–water partition coefficient (Wildman–Crippen LogP) is 5.59. The molecule has 0 heterocycles. The molecular weight excluding hydrogens is 180 g/mol. The smallest absolute Gasteiger partial charge is 0.0292 e. The largest absolute Gasteiger partial charge is 0.0741 e. The van der Waals surface area contributed by atoms with Crippen molar-refractivity contribution in [2.75, 3.05) is 0 Å². The van der Waals surface area contributed by atoms with Gasteiger partial charge in [-0.1, -0.05) is 38.8 Å². The number of rotatable bonds is 0. The molecule has 1 fully saturated rings. The monoisotopic (exact) mass is 210 g/mol. The van der Waals surface area contributed by atoms with E-state index in [4.69, 9.17) is 0 Å². The highest BCUT2D eigenvalue weighted by Crippen LogP contribution is 2.42. The van der Waals surface area contributed by atoms with Gasteiger partial charge in [-0.15, -0.1) is 0 Å². The molecule has 0 spiro atoms. The number of hydrogen-bond donors (Lipinski definition) is 0. The molecule has 0 nitrogen and oxygen atoms in total. The summed E-state index contributed by atoms with van der Waals surface area (Å²) in [6, 6.07) is 0. The van der Waals surface area contributed by atoms with Crippen LogP contribution in [0, 0.1) is 11.8 Å². The zero-order valence-corrected chi connectivity index (χ0v) is 11.7. The van der Waals surface area contributed by atoms with E-state index in [1.54, 1.807) is 11.1 Å². The molecule has 0 aromatic heterocycles. The lowest BCUT2D eigenvalue weighted by Gasteiger charge is -2.11. The summed E-state index contributed by atoms with van der Waals surface area (Å²) in [5, 5.41) is 0. The van der Waals surface area contributed by atoms with Crippen molar-refractivity contribution < 1.29 is 0 Å². The molecule has 2 rings (SSSR count). The van der Waals surface area contributed by atoms with Crippen molar-refractivity contribution in [3.63, 3.8) is 0 Å². The summed E-state index contributed by atoms with van der Waals surface area (Å²) in [6.45, 7) is 12.7. The second-order valence-corrected chi connectivity index (χ2v) is 4.51. The summed E-state index contributed by atoms with van der Waals surface area (Å²) in [7, 11) is 0. The highest BCUT2D eigenvalue weighted by Gasteiger charge is 2.27. The van der Waals surface area contributed by atoms with Crippen molar-refractivity contribution in [2.24, 2.45) is 11.8 Å². The molecule has 2 bridgehead atoms. The molecule has 0 amide bonds. The Morgan fingerprint density at radius 3 is 1.40 bits per heavy atom. The van der Waals surface area contributed by atoms with E-state index < -0.39 is 0 Å². The molecule has 0 heteroatoms. The summed E-state index contributed by atoms with van der Waals surface area (Å²) in [5.74, 6) is 2.11. The molecule has 0 aliphatic heterocycles. The summed E-state index contributed by atoms with van der Waals surface area (Å²) in [4.78, 5) is 0. The van der Waals surface area contributed by atoms with Crippen LogP contribution in [0.3, 0.4) is 0 Å². The van der Waals surface area contributed by atoms with Crippen LogP contribution < -0.4 is 0 Å². The van der Waals surface area contributed by atoms with Crippen LogP contribution in [0.25, 0.3) is 0 Å². The first-order valence-corrected chi connectivity index (χ1v) is 6.91. The van der Waals surface area contributed by atoms with Gasteiger partial charge in [0.05, 0.1) is 0 Å². The van der Waals surface area contributed by atoms with E-state index in [-0.39, 0.29) is 0 Å². The SMILES string of the molecule is CC.CC.CC1=C(C)CC2CCC(C1)C2. The molecule has 90 valence electrons. The van der Waals surface area contributed by atoms with E-state index >= 15 is 0 Å². The number of fused-ring (bicyclic) bond motifs is 2. The van der Waals surface area contributed by atoms with E-state index in [9.17, 15) is 0 Å². The number of hydrogen-bond acceptors (Lipinski definition) is 0. The van der Waals surface area contributed by atoms with Crippen molar-refractivity contribution in [1.29, 1.82) is 0 Å². The fourth-order valence-corrected chi connectivity index (χ4v) is 2.76. The van der Waals surface area contributed by atoms with Crippen LogP contribution in [0.1, 0.15) is 73.6 Å². The molecular formula is C15H30. The zero-order valence-electron chi connectivity index (χ0n) is 11.7. The third-order valence-electron chi connectivity index (χ3n) is 3.57. The van der Waals surface area contributed by atoms with Crippen molar-refractivity contribution in [2.45, 2.75) is 73.6 Å². The van der Waals surface area contributed by atoms with Crippen LogP contribution in [0.15, 0.2) is 11.1 Å². The van der Waals surface area contributed by atoms with Gasteiger partial charge in [-0.3, -0.25) is 0 Å². The van der Waals surface area contributed by atoms with Crippen molar-refractivity contribution >= 4 is 0 Å². The standard InChI is InChI=1S/C11H18.2C2H6/c1-8-5-10-3-4-11(7-10)6-9(8)2;2*1-2/h10-11H,3-7H2,1-2H3;2*1-2H3. The normalized spacial score (nSPS) is 28.4. The van der Waals surface area contributed by atoms with E-state index in [0.29, 0.717) is 0 Å². The van der Waals surface area contributed by atoms with Gasteiger partial charge in [0, 0.05) is 0 Å². The molecule has 2 unspecified atom stereocenters. The molecule has 0 aromatic rings. The van der Waals surface area contributed by atoms with Crippen molar-refractivity contribution in [3.05, 3.63) is 11.1 Å². The zero-order chi connectivity index (χ0) is 11.8. The van der Waals surface area contributed by atoms with Crippen LogP contribution in [-0.2, 0) is 0 Å². The van der Waals surface area contributed by atoms with Gasteiger partial charge in [0.15, 0.2) is 0 Å². The Balaban J connectivity index is 0.000000442. The lowest BCUT2D eigenvalue weighted by molar-refractivity contribution is 0.506. The first-order chi connectivity index (χ1) is 7.25. The Labute approximate surface area is 97.2 Å². The molecule has 0 N–H and O–H groups in total. The van der Waals surface area contributed by atoms with Crippen LogP contribution >= 0.6 is 0 Å². The van der Waals surface area contributed by atoms with Crippen molar-refractivity contribution in [3.8, 4) is 0 Å². The van der Waals surface area contributed by atoms with Crippen LogP contribution in [-0.4, -0.2) is 0 Å². The maximum atomic E-state index is 2.33. The Bertz CT molecular complexity index is 168. The Kier molecular flexibility index (Phi) is 7.82. The second kappa shape index (κ2) is 7.96. The molecule has 0 saturated heterocycles.